The lowest BCUT2D eigenvalue weighted by Crippen LogP contribution is -1.90. The summed E-state index contributed by atoms with van der Waals surface area (Å²) >= 11 is 5.72. The van der Waals surface area contributed by atoms with E-state index >= 15 is 0 Å². The molecule has 3 rings (SSSR count). The van der Waals surface area contributed by atoms with Gasteiger partial charge in [0.2, 0.25) is 0 Å². The molecule has 0 aliphatic rings. The molecule has 0 unspecified atom stereocenters. The van der Waals surface area contributed by atoms with Crippen molar-refractivity contribution in [1.82, 2.24) is 4.98 Å². The number of hydrogen-bond donors (Lipinski definition) is 1. The second-order valence-corrected chi connectivity index (χ2v) is 4.40. The monoisotopic (exact) mass is 255 g/mol. The van der Waals surface area contributed by atoms with Crippen molar-refractivity contribution >= 4 is 27.7 Å². The van der Waals surface area contributed by atoms with E-state index < -0.39 is 5.24 Å². The van der Waals surface area contributed by atoms with Crippen molar-refractivity contribution in [3.8, 4) is 11.3 Å². The van der Waals surface area contributed by atoms with E-state index in [4.69, 9.17) is 11.6 Å². The highest BCUT2D eigenvalue weighted by molar-refractivity contribution is 6.69. The van der Waals surface area contributed by atoms with Gasteiger partial charge in [-0.1, -0.05) is 48.5 Å². The van der Waals surface area contributed by atoms with Crippen LogP contribution in [0.4, 0.5) is 0 Å². The number of hydrogen-bond acceptors (Lipinski definition) is 1. The maximum absolute atomic E-state index is 11.7. The number of H-pyrrole nitrogens is 1. The first-order chi connectivity index (χ1) is 8.77. The average Bonchev–Trinajstić information content (AvgIpc) is 2.79. The molecule has 0 saturated carbocycles. The number of aromatic amines is 1. The third kappa shape index (κ3) is 1.71. The van der Waals surface area contributed by atoms with Crippen LogP contribution in [0.2, 0.25) is 0 Å². The summed E-state index contributed by atoms with van der Waals surface area (Å²) in [5, 5.41) is 0.419. The highest BCUT2D eigenvalue weighted by Crippen LogP contribution is 2.31. The lowest BCUT2D eigenvalue weighted by atomic mass is 10.1. The van der Waals surface area contributed by atoms with E-state index in [2.05, 4.69) is 4.98 Å². The smallest absolute Gasteiger partial charge is 0.255 e. The van der Waals surface area contributed by atoms with Gasteiger partial charge in [-0.15, -0.1) is 0 Å². The van der Waals surface area contributed by atoms with Crippen molar-refractivity contribution in [2.24, 2.45) is 0 Å². The highest BCUT2D eigenvalue weighted by Gasteiger charge is 2.17. The van der Waals surface area contributed by atoms with Gasteiger partial charge in [0.15, 0.2) is 0 Å². The van der Waals surface area contributed by atoms with Gasteiger partial charge >= 0.3 is 0 Å². The molecule has 3 aromatic rings. The lowest BCUT2D eigenvalue weighted by molar-refractivity contribution is 0.108. The first-order valence-electron chi connectivity index (χ1n) is 5.63. The molecule has 88 valence electrons. The van der Waals surface area contributed by atoms with Gasteiger partial charge in [0.1, 0.15) is 0 Å². The van der Waals surface area contributed by atoms with Crippen LogP contribution in [0.5, 0.6) is 0 Å². The molecule has 0 fully saturated rings. The molecule has 18 heavy (non-hydrogen) atoms. The van der Waals surface area contributed by atoms with Gasteiger partial charge in [0.25, 0.3) is 5.24 Å². The van der Waals surface area contributed by atoms with Crippen LogP contribution in [-0.4, -0.2) is 10.2 Å². The summed E-state index contributed by atoms with van der Waals surface area (Å²) < 4.78 is 0. The van der Waals surface area contributed by atoms with Crippen molar-refractivity contribution in [2.45, 2.75) is 0 Å². The lowest BCUT2D eigenvalue weighted by Gasteiger charge is -2.00. The van der Waals surface area contributed by atoms with Gasteiger partial charge in [-0.3, -0.25) is 4.79 Å². The Hall–Kier alpha value is -2.06. The number of halogens is 1. The average molecular weight is 256 g/mol. The fraction of sp³-hybridized carbons (Fsp3) is 0. The molecule has 2 aromatic carbocycles. The molecule has 1 heterocycles. The van der Waals surface area contributed by atoms with Crippen LogP contribution in [0.1, 0.15) is 10.4 Å². The first kappa shape index (κ1) is 11.1. The predicted molar refractivity (Wildman–Crippen MR) is 73.9 cm³/mol. The summed E-state index contributed by atoms with van der Waals surface area (Å²) in [6, 6.07) is 17.4. The number of rotatable bonds is 2. The summed E-state index contributed by atoms with van der Waals surface area (Å²) in [5.74, 6) is 0. The Morgan fingerprint density at radius 3 is 2.33 bits per heavy atom. The largest absolute Gasteiger partial charge is 0.354 e. The van der Waals surface area contributed by atoms with E-state index in [0.717, 1.165) is 22.2 Å². The quantitative estimate of drug-likeness (QED) is 0.684. The summed E-state index contributed by atoms with van der Waals surface area (Å²) in [7, 11) is 0. The number of carbonyl (C=O) groups is 1. The van der Waals surface area contributed by atoms with Gasteiger partial charge in [0.05, 0.1) is 11.3 Å². The summed E-state index contributed by atoms with van der Waals surface area (Å²) in [5.41, 5.74) is 3.19. The molecule has 0 aliphatic heterocycles. The Bertz CT molecular complexity index is 716. The molecular weight excluding hydrogens is 246 g/mol. The first-order valence-corrected chi connectivity index (χ1v) is 6.01. The van der Waals surface area contributed by atoms with Gasteiger partial charge < -0.3 is 4.98 Å². The predicted octanol–water partition coefficient (Wildman–Crippen LogP) is 4.21. The maximum Gasteiger partial charge on any atom is 0.255 e. The van der Waals surface area contributed by atoms with Crippen LogP contribution in [0.15, 0.2) is 54.6 Å². The van der Waals surface area contributed by atoms with Crippen molar-refractivity contribution in [2.75, 3.05) is 0 Å². The minimum Gasteiger partial charge on any atom is -0.354 e. The summed E-state index contributed by atoms with van der Waals surface area (Å²) in [4.78, 5) is 14.9. The van der Waals surface area contributed by atoms with E-state index in [1.54, 1.807) is 0 Å². The Balaban J connectivity index is 2.36. The Kier molecular flexibility index (Phi) is 2.65. The van der Waals surface area contributed by atoms with Crippen LogP contribution in [0, 0.1) is 0 Å². The van der Waals surface area contributed by atoms with Crippen molar-refractivity contribution in [1.29, 1.82) is 0 Å². The normalized spacial score (nSPS) is 10.7. The zero-order valence-electron chi connectivity index (χ0n) is 9.48. The minimum atomic E-state index is -0.439. The molecular formula is C15H10ClNO. The molecule has 3 heteroatoms. The van der Waals surface area contributed by atoms with E-state index in [0.29, 0.717) is 5.56 Å². The van der Waals surface area contributed by atoms with Crippen LogP contribution < -0.4 is 0 Å². The molecule has 0 radical (unpaired) electrons. The van der Waals surface area contributed by atoms with E-state index in [1.807, 2.05) is 54.6 Å². The van der Waals surface area contributed by atoms with Gasteiger partial charge in [-0.2, -0.15) is 0 Å². The van der Waals surface area contributed by atoms with Gasteiger partial charge in [0, 0.05) is 10.9 Å². The van der Waals surface area contributed by atoms with Crippen LogP contribution in [0.25, 0.3) is 22.2 Å². The molecule has 0 bridgehead atoms. The number of fused-ring (bicyclic) bond motifs is 1. The molecule has 0 atom stereocenters. The number of para-hydroxylation sites is 1. The summed E-state index contributed by atoms with van der Waals surface area (Å²) in [6.45, 7) is 0. The zero-order valence-corrected chi connectivity index (χ0v) is 10.2. The third-order valence-corrected chi connectivity index (χ3v) is 3.15. The maximum atomic E-state index is 11.7. The fourth-order valence-corrected chi connectivity index (χ4v) is 2.36. The molecule has 0 amide bonds. The number of benzene rings is 2. The zero-order chi connectivity index (χ0) is 12.5. The van der Waals surface area contributed by atoms with E-state index in [9.17, 15) is 4.79 Å². The van der Waals surface area contributed by atoms with E-state index in [-0.39, 0.29) is 0 Å². The number of carbonyl (C=O) groups excluding carboxylic acids is 1. The van der Waals surface area contributed by atoms with Crippen molar-refractivity contribution in [3.63, 3.8) is 0 Å². The number of nitrogens with one attached hydrogen (secondary N) is 1. The van der Waals surface area contributed by atoms with E-state index in [1.165, 1.54) is 0 Å². The Morgan fingerprint density at radius 1 is 0.944 bits per heavy atom. The topological polar surface area (TPSA) is 32.9 Å². The molecule has 0 spiro atoms. The van der Waals surface area contributed by atoms with Gasteiger partial charge in [-0.05, 0) is 23.2 Å². The SMILES string of the molecule is O=C(Cl)c1c(-c2ccccc2)[nH]c2ccccc12. The molecule has 1 aromatic heterocycles. The Labute approximate surface area is 109 Å². The summed E-state index contributed by atoms with van der Waals surface area (Å²) in [6.07, 6.45) is 0. The van der Waals surface area contributed by atoms with Crippen molar-refractivity contribution < 1.29 is 4.79 Å². The minimum absolute atomic E-state index is 0.439. The second kappa shape index (κ2) is 4.31. The molecule has 1 N–H and O–H groups in total. The Morgan fingerprint density at radius 2 is 1.61 bits per heavy atom. The van der Waals surface area contributed by atoms with Crippen molar-refractivity contribution in [3.05, 3.63) is 60.2 Å². The standard InChI is InChI=1S/C15H10ClNO/c16-15(18)13-11-8-4-5-9-12(11)17-14(13)10-6-2-1-3-7-10/h1-9,17H. The molecule has 2 nitrogen and oxygen atoms in total. The fourth-order valence-electron chi connectivity index (χ4n) is 2.17. The van der Waals surface area contributed by atoms with Crippen LogP contribution >= 0.6 is 11.6 Å². The second-order valence-electron chi connectivity index (χ2n) is 4.06. The third-order valence-electron chi connectivity index (χ3n) is 2.97. The highest BCUT2D eigenvalue weighted by atomic mass is 35.5. The number of aromatic nitrogens is 1. The van der Waals surface area contributed by atoms with Crippen LogP contribution in [-0.2, 0) is 0 Å². The van der Waals surface area contributed by atoms with Crippen LogP contribution in [0.3, 0.4) is 0 Å². The molecule has 0 aliphatic carbocycles. The molecule has 0 saturated heterocycles. The van der Waals surface area contributed by atoms with Gasteiger partial charge in [-0.25, -0.2) is 0 Å².